The number of aryl methyl sites for hydroxylation is 1. The Morgan fingerprint density at radius 3 is 1.81 bits per heavy atom. The van der Waals surface area contributed by atoms with E-state index in [4.69, 9.17) is 0 Å². The monoisotopic (exact) mass is 465 g/mol. The van der Waals surface area contributed by atoms with E-state index in [1.54, 1.807) is 0 Å². The molecule has 146 valence electrons. The Labute approximate surface area is 165 Å². The van der Waals surface area contributed by atoms with Gasteiger partial charge in [-0.05, 0) is 0 Å². The fourth-order valence-electron chi connectivity index (χ4n) is 3.68. The Balaban J connectivity index is 2.82. The Morgan fingerprint density at radius 1 is 0.923 bits per heavy atom. The van der Waals surface area contributed by atoms with Crippen LogP contribution in [-0.4, -0.2) is 24.3 Å². The van der Waals surface area contributed by atoms with Crippen LogP contribution in [0.15, 0.2) is 36.4 Å². The maximum absolute atomic E-state index is 12.7. The van der Waals surface area contributed by atoms with Crippen LogP contribution in [0.5, 0.6) is 0 Å². The van der Waals surface area contributed by atoms with Crippen molar-refractivity contribution in [1.82, 2.24) is 0 Å². The third kappa shape index (κ3) is 8.28. The molecule has 0 aliphatic heterocycles. The summed E-state index contributed by atoms with van der Waals surface area (Å²) in [5.41, 5.74) is 2.90. The number of hydrogen-bond donors (Lipinski definition) is 1. The van der Waals surface area contributed by atoms with Crippen molar-refractivity contribution in [3.05, 3.63) is 42.0 Å². The number of rotatable bonds is 13. The standard InChI is InChI=1S/C11H12NO.3C4H9.Sn/c1-8(2)11(13)12-10-6-4-9(3)5-7-10;3*1-3-4-2;/h4-7H,1-2H2,3H3,(H,12,13);3*1,3-4H2,2H3;. The zero-order valence-corrected chi connectivity index (χ0v) is 20.3. The molecule has 0 atom stereocenters. The van der Waals surface area contributed by atoms with Crippen molar-refractivity contribution in [2.45, 2.75) is 84.0 Å². The third-order valence-electron chi connectivity index (χ3n) is 5.40. The van der Waals surface area contributed by atoms with Gasteiger partial charge in [-0.2, -0.15) is 0 Å². The molecule has 0 radical (unpaired) electrons. The van der Waals surface area contributed by atoms with Gasteiger partial charge < -0.3 is 0 Å². The number of anilines is 1. The number of benzene rings is 1. The number of carbonyl (C=O) groups is 1. The summed E-state index contributed by atoms with van der Waals surface area (Å²) in [6.07, 6.45) is 7.78. The summed E-state index contributed by atoms with van der Waals surface area (Å²) in [6.45, 7) is 13.1. The van der Waals surface area contributed by atoms with Crippen LogP contribution in [0.3, 0.4) is 0 Å². The Bertz CT molecular complexity index is 528. The molecule has 1 aromatic carbocycles. The van der Waals surface area contributed by atoms with Crippen LogP contribution in [0, 0.1) is 6.92 Å². The number of nitrogens with one attached hydrogen (secondary N) is 1. The molecule has 0 fully saturated rings. The number of hydrogen-bond acceptors (Lipinski definition) is 1. The van der Waals surface area contributed by atoms with Crippen LogP contribution in [-0.2, 0) is 4.79 Å². The van der Waals surface area contributed by atoms with Crippen molar-refractivity contribution in [2.75, 3.05) is 5.32 Å². The minimum atomic E-state index is -2.35. The summed E-state index contributed by atoms with van der Waals surface area (Å²) in [5, 5.41) is 3.05. The number of carbonyl (C=O) groups excluding carboxylic acids is 1. The first-order valence-corrected chi connectivity index (χ1v) is 18.6. The van der Waals surface area contributed by atoms with Gasteiger partial charge in [0.05, 0.1) is 0 Å². The van der Waals surface area contributed by atoms with Gasteiger partial charge in [-0.25, -0.2) is 0 Å². The molecule has 0 aromatic heterocycles. The second-order valence-electron chi connectivity index (χ2n) is 7.91. The van der Waals surface area contributed by atoms with E-state index in [9.17, 15) is 4.79 Å². The molecular weight excluding hydrogens is 425 g/mol. The molecular formula is C23H39NOSn. The maximum atomic E-state index is 12.7. The molecule has 1 N–H and O–H groups in total. The zero-order chi connectivity index (χ0) is 19.4. The van der Waals surface area contributed by atoms with Crippen LogP contribution >= 0.6 is 0 Å². The van der Waals surface area contributed by atoms with E-state index in [0.717, 1.165) is 15.7 Å². The summed E-state index contributed by atoms with van der Waals surface area (Å²) < 4.78 is 5.29. The van der Waals surface area contributed by atoms with E-state index in [1.165, 1.54) is 57.4 Å². The van der Waals surface area contributed by atoms with Gasteiger partial charge >= 0.3 is 166 Å². The third-order valence-corrected chi connectivity index (χ3v) is 20.9. The molecule has 0 aliphatic carbocycles. The molecule has 3 heteroatoms. The van der Waals surface area contributed by atoms with Gasteiger partial charge in [-0.1, -0.05) is 0 Å². The van der Waals surface area contributed by atoms with E-state index in [1.807, 2.05) is 24.3 Å². The molecule has 26 heavy (non-hydrogen) atoms. The molecule has 0 spiro atoms. The predicted molar refractivity (Wildman–Crippen MR) is 119 cm³/mol. The average molecular weight is 464 g/mol. The number of amides is 1. The first kappa shape index (κ1) is 23.3. The van der Waals surface area contributed by atoms with Gasteiger partial charge in [-0.15, -0.1) is 0 Å². The Kier molecular flexibility index (Phi) is 11.3. The van der Waals surface area contributed by atoms with Crippen LogP contribution in [0.4, 0.5) is 5.69 Å². The van der Waals surface area contributed by atoms with E-state index in [2.05, 4.69) is 39.6 Å². The molecule has 0 heterocycles. The van der Waals surface area contributed by atoms with Crippen LogP contribution < -0.4 is 5.32 Å². The molecule has 1 rings (SSSR count). The SMILES string of the molecule is C=C([CH2][Sn]([CH2]CCC)([CH2]CCC)[CH2]CCC)C(=O)Nc1ccc(C)cc1. The van der Waals surface area contributed by atoms with Crippen molar-refractivity contribution in [2.24, 2.45) is 0 Å². The molecule has 0 aliphatic rings. The second kappa shape index (κ2) is 12.6. The van der Waals surface area contributed by atoms with Crippen molar-refractivity contribution in [1.29, 1.82) is 0 Å². The topological polar surface area (TPSA) is 29.1 Å². The first-order valence-electron chi connectivity index (χ1n) is 10.5. The Morgan fingerprint density at radius 2 is 1.38 bits per heavy atom. The minimum absolute atomic E-state index is 0.0272. The van der Waals surface area contributed by atoms with Crippen molar-refractivity contribution in [3.8, 4) is 0 Å². The molecule has 1 amide bonds. The van der Waals surface area contributed by atoms with E-state index < -0.39 is 18.4 Å². The average Bonchev–Trinajstić information content (AvgIpc) is 2.64. The van der Waals surface area contributed by atoms with E-state index >= 15 is 0 Å². The van der Waals surface area contributed by atoms with Gasteiger partial charge in [0, 0.05) is 0 Å². The fraction of sp³-hybridized carbons (Fsp3) is 0.609. The van der Waals surface area contributed by atoms with E-state index in [-0.39, 0.29) is 5.91 Å². The fourth-order valence-corrected chi connectivity index (χ4v) is 19.8. The van der Waals surface area contributed by atoms with Gasteiger partial charge in [0.15, 0.2) is 0 Å². The van der Waals surface area contributed by atoms with Crippen molar-refractivity contribution in [3.63, 3.8) is 0 Å². The molecule has 0 unspecified atom stereocenters. The second-order valence-corrected chi connectivity index (χ2v) is 21.8. The number of unbranched alkanes of at least 4 members (excludes halogenated alkanes) is 3. The van der Waals surface area contributed by atoms with E-state index in [0.29, 0.717) is 0 Å². The van der Waals surface area contributed by atoms with Gasteiger partial charge in [0.1, 0.15) is 0 Å². The van der Waals surface area contributed by atoms with Crippen LogP contribution in [0.1, 0.15) is 64.9 Å². The van der Waals surface area contributed by atoms with Gasteiger partial charge in [0.2, 0.25) is 0 Å². The molecule has 1 aromatic rings. The summed E-state index contributed by atoms with van der Waals surface area (Å²) in [5.74, 6) is 0.0272. The summed E-state index contributed by atoms with van der Waals surface area (Å²) in [6, 6.07) is 8.02. The normalized spacial score (nSPS) is 11.4. The predicted octanol–water partition coefficient (Wildman–Crippen LogP) is 7.34. The van der Waals surface area contributed by atoms with Crippen molar-refractivity contribution >= 4 is 30.0 Å². The molecule has 0 saturated carbocycles. The molecule has 0 saturated heterocycles. The molecule has 2 nitrogen and oxygen atoms in total. The van der Waals surface area contributed by atoms with Gasteiger partial charge in [-0.3, -0.25) is 0 Å². The summed E-state index contributed by atoms with van der Waals surface area (Å²) in [4.78, 5) is 12.7. The van der Waals surface area contributed by atoms with Crippen LogP contribution in [0.2, 0.25) is 17.7 Å². The Hall–Kier alpha value is -0.771. The van der Waals surface area contributed by atoms with Gasteiger partial charge in [0.25, 0.3) is 0 Å². The van der Waals surface area contributed by atoms with Crippen LogP contribution in [0.25, 0.3) is 0 Å². The zero-order valence-electron chi connectivity index (χ0n) is 17.5. The summed E-state index contributed by atoms with van der Waals surface area (Å²) in [7, 11) is 0. The summed E-state index contributed by atoms with van der Waals surface area (Å²) >= 11 is -2.35. The van der Waals surface area contributed by atoms with Crippen molar-refractivity contribution < 1.29 is 4.79 Å². The first-order chi connectivity index (χ1) is 12.5. The molecule has 0 bridgehead atoms. The quantitative estimate of drug-likeness (QED) is 0.240.